The van der Waals surface area contributed by atoms with E-state index >= 15 is 0 Å². The van der Waals surface area contributed by atoms with E-state index in [2.05, 4.69) is 43.0 Å². The summed E-state index contributed by atoms with van der Waals surface area (Å²) in [5.41, 5.74) is 2.82. The van der Waals surface area contributed by atoms with Gasteiger partial charge in [-0.3, -0.25) is 14.5 Å². The molecular weight excluding hydrogens is 364 g/mol. The second kappa shape index (κ2) is 8.15. The minimum absolute atomic E-state index is 0.106. The lowest BCUT2D eigenvalue weighted by molar-refractivity contribution is -0.126. The summed E-state index contributed by atoms with van der Waals surface area (Å²) in [5, 5.41) is 0. The molecule has 0 bridgehead atoms. The maximum absolute atomic E-state index is 12.6. The van der Waals surface area contributed by atoms with E-state index in [1.165, 1.54) is 17.4 Å². The number of ketones is 1. The number of nitrogens with zero attached hydrogens (tertiary/aromatic N) is 2. The molecule has 29 heavy (non-hydrogen) atoms. The predicted octanol–water partition coefficient (Wildman–Crippen LogP) is 4.10. The maximum atomic E-state index is 12.6. The molecule has 2 aliphatic rings. The third kappa shape index (κ3) is 4.30. The first-order chi connectivity index (χ1) is 14.0. The van der Waals surface area contributed by atoms with Crippen molar-refractivity contribution in [3.63, 3.8) is 0 Å². The van der Waals surface area contributed by atoms with Crippen LogP contribution in [0.5, 0.6) is 0 Å². The molecule has 1 aromatic carbocycles. The van der Waals surface area contributed by atoms with Crippen LogP contribution in [0.4, 0.5) is 0 Å². The monoisotopic (exact) mass is 394 g/mol. The van der Waals surface area contributed by atoms with E-state index in [0.717, 1.165) is 38.9 Å². The molecular formula is C24H30N2O3. The Morgan fingerprint density at radius 1 is 1.07 bits per heavy atom. The Labute approximate surface area is 172 Å². The van der Waals surface area contributed by atoms with E-state index < -0.39 is 11.7 Å². The lowest BCUT2D eigenvalue weighted by atomic mass is 9.79. The van der Waals surface area contributed by atoms with E-state index in [1.807, 2.05) is 0 Å². The van der Waals surface area contributed by atoms with Crippen LogP contribution in [-0.2, 0) is 11.3 Å². The van der Waals surface area contributed by atoms with Crippen molar-refractivity contribution >= 4 is 11.7 Å². The molecule has 2 aromatic rings. The van der Waals surface area contributed by atoms with E-state index in [4.69, 9.17) is 4.42 Å². The van der Waals surface area contributed by atoms with Crippen LogP contribution in [0, 0.1) is 5.41 Å². The zero-order valence-corrected chi connectivity index (χ0v) is 17.4. The maximum Gasteiger partial charge on any atom is 0.298 e. The fraction of sp³-hybridized carbons (Fsp3) is 0.500. The summed E-state index contributed by atoms with van der Waals surface area (Å²) in [7, 11) is 0. The minimum atomic E-state index is -0.537. The summed E-state index contributed by atoms with van der Waals surface area (Å²) in [5.74, 6) is -0.289. The standard InChI is InChI=1S/C24H30N2O3/c1-18(2)20-8-6-19(7-9-20)15-25-12-4-10-24(16-25)11-13-26(17-24)23(28)22(27)21-5-3-14-29-21/h3,5-9,14,18H,4,10-13,15-17H2,1-2H3. The molecule has 4 rings (SSSR count). The molecule has 1 aromatic heterocycles. The third-order valence-corrected chi connectivity index (χ3v) is 6.46. The normalized spacial score (nSPS) is 22.5. The van der Waals surface area contributed by atoms with Gasteiger partial charge in [0.25, 0.3) is 11.7 Å². The SMILES string of the molecule is CC(C)c1ccc(CN2CCCC3(CCN(C(=O)C(=O)c4ccco4)C3)C2)cc1. The molecule has 2 saturated heterocycles. The number of likely N-dealkylation sites (tertiary alicyclic amines) is 2. The first-order valence-corrected chi connectivity index (χ1v) is 10.6. The van der Waals surface area contributed by atoms with Crippen molar-refractivity contribution in [2.75, 3.05) is 26.2 Å². The van der Waals surface area contributed by atoms with Crippen LogP contribution in [0.2, 0.25) is 0 Å². The van der Waals surface area contributed by atoms with Gasteiger partial charge >= 0.3 is 0 Å². The zero-order chi connectivity index (χ0) is 20.4. The Kier molecular flexibility index (Phi) is 5.59. The van der Waals surface area contributed by atoms with E-state index in [1.54, 1.807) is 17.0 Å². The summed E-state index contributed by atoms with van der Waals surface area (Å²) in [4.78, 5) is 29.2. The van der Waals surface area contributed by atoms with Crippen molar-refractivity contribution in [3.8, 4) is 0 Å². The number of amides is 1. The summed E-state index contributed by atoms with van der Waals surface area (Å²) in [6.07, 6.45) is 4.65. The second-order valence-electron chi connectivity index (χ2n) is 8.99. The van der Waals surface area contributed by atoms with Gasteiger partial charge in [-0.15, -0.1) is 0 Å². The molecule has 5 nitrogen and oxygen atoms in total. The molecule has 1 amide bonds. The summed E-state index contributed by atoms with van der Waals surface area (Å²) in [6.45, 7) is 8.77. The molecule has 0 radical (unpaired) electrons. The summed E-state index contributed by atoms with van der Waals surface area (Å²) < 4.78 is 5.11. The lowest BCUT2D eigenvalue weighted by Crippen LogP contribution is -2.45. The molecule has 154 valence electrons. The van der Waals surface area contributed by atoms with Gasteiger partial charge in [0, 0.05) is 31.6 Å². The number of hydrogen-bond acceptors (Lipinski definition) is 4. The molecule has 0 aliphatic carbocycles. The second-order valence-corrected chi connectivity index (χ2v) is 8.99. The fourth-order valence-corrected chi connectivity index (χ4v) is 4.81. The van der Waals surface area contributed by atoms with Crippen LogP contribution >= 0.6 is 0 Å². The Balaban J connectivity index is 1.38. The number of carbonyl (C=O) groups is 2. The van der Waals surface area contributed by atoms with Gasteiger partial charge < -0.3 is 9.32 Å². The van der Waals surface area contributed by atoms with E-state index in [-0.39, 0.29) is 11.2 Å². The molecule has 1 atom stereocenters. The van der Waals surface area contributed by atoms with Crippen LogP contribution in [-0.4, -0.2) is 47.7 Å². The molecule has 3 heterocycles. The highest BCUT2D eigenvalue weighted by molar-refractivity contribution is 6.41. The molecule has 2 aliphatic heterocycles. The van der Waals surface area contributed by atoms with Crippen LogP contribution < -0.4 is 0 Å². The van der Waals surface area contributed by atoms with Crippen molar-refractivity contribution < 1.29 is 14.0 Å². The van der Waals surface area contributed by atoms with E-state index in [9.17, 15) is 9.59 Å². The largest absolute Gasteiger partial charge is 0.461 e. The Bertz CT molecular complexity index is 857. The fourth-order valence-electron chi connectivity index (χ4n) is 4.81. The molecule has 0 saturated carbocycles. The topological polar surface area (TPSA) is 53.8 Å². The van der Waals surface area contributed by atoms with Gasteiger partial charge in [0.1, 0.15) is 0 Å². The Morgan fingerprint density at radius 3 is 2.55 bits per heavy atom. The van der Waals surface area contributed by atoms with Crippen molar-refractivity contribution in [2.45, 2.75) is 45.6 Å². The van der Waals surface area contributed by atoms with Crippen LogP contribution in [0.3, 0.4) is 0 Å². The summed E-state index contributed by atoms with van der Waals surface area (Å²) >= 11 is 0. The Morgan fingerprint density at radius 2 is 1.86 bits per heavy atom. The highest BCUT2D eigenvalue weighted by atomic mass is 16.3. The van der Waals surface area contributed by atoms with Gasteiger partial charge in [-0.1, -0.05) is 38.1 Å². The molecule has 1 spiro atoms. The van der Waals surface area contributed by atoms with Gasteiger partial charge in [0.15, 0.2) is 5.76 Å². The average molecular weight is 395 g/mol. The zero-order valence-electron chi connectivity index (χ0n) is 17.4. The van der Waals surface area contributed by atoms with Crippen LogP contribution in [0.25, 0.3) is 0 Å². The number of benzene rings is 1. The van der Waals surface area contributed by atoms with Crippen LogP contribution in [0.1, 0.15) is 60.7 Å². The van der Waals surface area contributed by atoms with Crippen molar-refractivity contribution in [3.05, 3.63) is 59.5 Å². The molecule has 5 heteroatoms. The third-order valence-electron chi connectivity index (χ3n) is 6.46. The highest BCUT2D eigenvalue weighted by Crippen LogP contribution is 2.39. The number of furan rings is 1. The number of piperidine rings is 1. The van der Waals surface area contributed by atoms with Gasteiger partial charge in [0.05, 0.1) is 6.26 Å². The average Bonchev–Trinajstić information content (AvgIpc) is 3.38. The number of Topliss-reactive ketones (excluding diaryl/α,β-unsaturated/α-hetero) is 1. The van der Waals surface area contributed by atoms with Gasteiger partial charge in [-0.25, -0.2) is 0 Å². The number of hydrogen-bond donors (Lipinski definition) is 0. The number of carbonyl (C=O) groups excluding carboxylic acids is 2. The first-order valence-electron chi connectivity index (χ1n) is 10.6. The molecule has 1 unspecified atom stereocenters. The van der Waals surface area contributed by atoms with Crippen molar-refractivity contribution in [2.24, 2.45) is 5.41 Å². The van der Waals surface area contributed by atoms with Gasteiger partial charge in [-0.2, -0.15) is 0 Å². The van der Waals surface area contributed by atoms with Crippen LogP contribution in [0.15, 0.2) is 47.1 Å². The van der Waals surface area contributed by atoms with E-state index in [0.29, 0.717) is 19.0 Å². The smallest absolute Gasteiger partial charge is 0.298 e. The lowest BCUT2D eigenvalue weighted by Gasteiger charge is -2.40. The minimum Gasteiger partial charge on any atom is -0.461 e. The number of rotatable bonds is 5. The quantitative estimate of drug-likeness (QED) is 0.566. The van der Waals surface area contributed by atoms with Crippen molar-refractivity contribution in [1.82, 2.24) is 9.80 Å². The van der Waals surface area contributed by atoms with Crippen molar-refractivity contribution in [1.29, 1.82) is 0 Å². The predicted molar refractivity (Wildman–Crippen MR) is 112 cm³/mol. The Hall–Kier alpha value is -2.40. The summed E-state index contributed by atoms with van der Waals surface area (Å²) in [6, 6.07) is 12.1. The molecule has 0 N–H and O–H groups in total. The first kappa shape index (κ1) is 19.9. The van der Waals surface area contributed by atoms with Gasteiger partial charge in [0.2, 0.25) is 0 Å². The van der Waals surface area contributed by atoms with Gasteiger partial charge in [-0.05, 0) is 55.0 Å². The highest BCUT2D eigenvalue weighted by Gasteiger charge is 2.44. The molecule has 2 fully saturated rings.